The Balaban J connectivity index is 3.46. The summed E-state index contributed by atoms with van der Waals surface area (Å²) in [6.07, 6.45) is 0.392. The van der Waals surface area contributed by atoms with Crippen LogP contribution in [0.5, 0.6) is 11.5 Å². The van der Waals surface area contributed by atoms with Crippen molar-refractivity contribution in [1.82, 2.24) is 0 Å². The fraction of sp³-hybridized carbons (Fsp3) is 0.222. The van der Waals surface area contributed by atoms with Gasteiger partial charge in [-0.1, -0.05) is 0 Å². The van der Waals surface area contributed by atoms with Gasteiger partial charge in [0, 0.05) is 6.07 Å². The van der Waals surface area contributed by atoms with Gasteiger partial charge in [-0.05, 0) is 6.07 Å². The monoisotopic (exact) mass is 211 g/mol. The van der Waals surface area contributed by atoms with E-state index in [9.17, 15) is 14.9 Å². The average molecular weight is 211 g/mol. The third kappa shape index (κ3) is 2.04. The van der Waals surface area contributed by atoms with Crippen LogP contribution in [-0.2, 0) is 0 Å². The van der Waals surface area contributed by atoms with Crippen molar-refractivity contribution in [3.05, 3.63) is 27.8 Å². The molecule has 6 heteroatoms. The van der Waals surface area contributed by atoms with E-state index in [-0.39, 0.29) is 17.0 Å². The molecule has 0 aromatic heterocycles. The van der Waals surface area contributed by atoms with Crippen LogP contribution in [0.25, 0.3) is 0 Å². The van der Waals surface area contributed by atoms with E-state index < -0.39 is 4.92 Å². The molecule has 0 aliphatic rings. The third-order valence-corrected chi connectivity index (χ3v) is 1.84. The maximum absolute atomic E-state index is 10.7. The van der Waals surface area contributed by atoms with E-state index in [1.165, 1.54) is 26.4 Å². The van der Waals surface area contributed by atoms with Crippen LogP contribution < -0.4 is 9.47 Å². The molecule has 1 rings (SSSR count). The summed E-state index contributed by atoms with van der Waals surface area (Å²) >= 11 is 0. The molecule has 0 saturated heterocycles. The van der Waals surface area contributed by atoms with Gasteiger partial charge in [-0.25, -0.2) is 0 Å². The Labute approximate surface area is 85.6 Å². The fourth-order valence-corrected chi connectivity index (χ4v) is 1.16. The summed E-state index contributed by atoms with van der Waals surface area (Å²) in [7, 11) is 2.69. The molecule has 0 aliphatic heterocycles. The van der Waals surface area contributed by atoms with Crippen molar-refractivity contribution in [2.75, 3.05) is 14.2 Å². The Morgan fingerprint density at radius 3 is 2.40 bits per heavy atom. The number of ether oxygens (including phenoxy) is 2. The summed E-state index contributed by atoms with van der Waals surface area (Å²) < 4.78 is 9.68. The Morgan fingerprint density at radius 1 is 1.33 bits per heavy atom. The Morgan fingerprint density at radius 2 is 2.00 bits per heavy atom. The zero-order valence-corrected chi connectivity index (χ0v) is 8.22. The number of nitro benzene ring substituents is 1. The molecule has 1 aromatic rings. The smallest absolute Gasteiger partial charge is 0.321 e. The van der Waals surface area contributed by atoms with Crippen LogP contribution in [0.2, 0.25) is 0 Å². The first-order valence-electron chi connectivity index (χ1n) is 3.99. The summed E-state index contributed by atoms with van der Waals surface area (Å²) in [4.78, 5) is 20.7. The lowest BCUT2D eigenvalue weighted by Crippen LogP contribution is -1.99. The van der Waals surface area contributed by atoms with E-state index in [0.717, 1.165) is 0 Å². The average Bonchev–Trinajstić information content (AvgIpc) is 2.26. The van der Waals surface area contributed by atoms with E-state index in [1.807, 2.05) is 0 Å². The largest absolute Gasteiger partial charge is 0.497 e. The van der Waals surface area contributed by atoms with E-state index in [2.05, 4.69) is 0 Å². The number of methoxy groups -OCH3 is 2. The molecule has 0 heterocycles. The molecule has 0 amide bonds. The van der Waals surface area contributed by atoms with Crippen LogP contribution in [-0.4, -0.2) is 25.4 Å². The highest BCUT2D eigenvalue weighted by molar-refractivity contribution is 5.84. The second kappa shape index (κ2) is 4.41. The number of benzene rings is 1. The SMILES string of the molecule is COc1cc(C=O)c([N+](=O)[O-])c(OC)c1. The Bertz CT molecular complexity index is 402. The minimum atomic E-state index is -0.665. The number of hydrogen-bond donors (Lipinski definition) is 0. The van der Waals surface area contributed by atoms with Crippen molar-refractivity contribution in [2.45, 2.75) is 0 Å². The van der Waals surface area contributed by atoms with Gasteiger partial charge in [-0.3, -0.25) is 14.9 Å². The first kappa shape index (κ1) is 11.0. The molecule has 80 valence electrons. The molecule has 0 spiro atoms. The number of aldehydes is 1. The number of carbonyl (C=O) groups excluding carboxylic acids is 1. The van der Waals surface area contributed by atoms with E-state index in [0.29, 0.717) is 12.0 Å². The van der Waals surface area contributed by atoms with Crippen molar-refractivity contribution in [1.29, 1.82) is 0 Å². The van der Waals surface area contributed by atoms with Crippen LogP contribution >= 0.6 is 0 Å². The molecule has 0 N–H and O–H groups in total. The van der Waals surface area contributed by atoms with Gasteiger partial charge in [0.15, 0.2) is 6.29 Å². The Kier molecular flexibility index (Phi) is 3.22. The van der Waals surface area contributed by atoms with Gasteiger partial charge in [0.05, 0.1) is 24.7 Å². The van der Waals surface area contributed by atoms with Gasteiger partial charge < -0.3 is 9.47 Å². The summed E-state index contributed by atoms with van der Waals surface area (Å²) in [5.41, 5.74) is -0.426. The summed E-state index contributed by atoms with van der Waals surface area (Å²) in [6, 6.07) is 2.64. The molecule has 0 bridgehead atoms. The molecule has 1 aromatic carbocycles. The maximum atomic E-state index is 10.7. The van der Waals surface area contributed by atoms with Crippen molar-refractivity contribution >= 4 is 12.0 Å². The van der Waals surface area contributed by atoms with Crippen LogP contribution in [0, 0.1) is 10.1 Å². The molecule has 0 atom stereocenters. The molecule has 15 heavy (non-hydrogen) atoms. The standard InChI is InChI=1S/C9H9NO5/c1-14-7-3-6(5-11)9(10(12)13)8(4-7)15-2/h3-5H,1-2H3. The number of hydrogen-bond acceptors (Lipinski definition) is 5. The van der Waals surface area contributed by atoms with Gasteiger partial charge in [0.1, 0.15) is 5.75 Å². The number of rotatable bonds is 4. The van der Waals surface area contributed by atoms with Gasteiger partial charge >= 0.3 is 5.69 Å². The lowest BCUT2D eigenvalue weighted by Gasteiger charge is -2.06. The Hall–Kier alpha value is -2.11. The van der Waals surface area contributed by atoms with Crippen LogP contribution in [0.4, 0.5) is 5.69 Å². The minimum absolute atomic E-state index is 0.00134. The van der Waals surface area contributed by atoms with Crippen LogP contribution in [0.1, 0.15) is 10.4 Å². The van der Waals surface area contributed by atoms with Gasteiger partial charge in [0.25, 0.3) is 0 Å². The first-order valence-corrected chi connectivity index (χ1v) is 3.99. The number of nitro groups is 1. The van der Waals surface area contributed by atoms with Crippen molar-refractivity contribution in [3.8, 4) is 11.5 Å². The molecule has 0 aliphatic carbocycles. The summed E-state index contributed by atoms with van der Waals surface area (Å²) in [5, 5.41) is 10.7. The first-order chi connectivity index (χ1) is 7.13. The third-order valence-electron chi connectivity index (χ3n) is 1.84. The predicted molar refractivity (Wildman–Crippen MR) is 51.6 cm³/mol. The lowest BCUT2D eigenvalue weighted by molar-refractivity contribution is -0.386. The number of nitrogens with zero attached hydrogens (tertiary/aromatic N) is 1. The van der Waals surface area contributed by atoms with Crippen molar-refractivity contribution in [2.24, 2.45) is 0 Å². The maximum Gasteiger partial charge on any atom is 0.321 e. The lowest BCUT2D eigenvalue weighted by atomic mass is 10.1. The van der Waals surface area contributed by atoms with E-state index >= 15 is 0 Å². The highest BCUT2D eigenvalue weighted by atomic mass is 16.6. The molecule has 0 fully saturated rings. The van der Waals surface area contributed by atoms with Gasteiger partial charge in [0.2, 0.25) is 5.75 Å². The highest BCUT2D eigenvalue weighted by Gasteiger charge is 2.22. The molecule has 6 nitrogen and oxygen atoms in total. The molecule has 0 saturated carbocycles. The highest BCUT2D eigenvalue weighted by Crippen LogP contribution is 2.34. The molecular weight excluding hydrogens is 202 g/mol. The van der Waals surface area contributed by atoms with Crippen LogP contribution in [0.3, 0.4) is 0 Å². The quantitative estimate of drug-likeness (QED) is 0.427. The number of carbonyl (C=O) groups is 1. The van der Waals surface area contributed by atoms with Crippen molar-refractivity contribution in [3.63, 3.8) is 0 Å². The van der Waals surface area contributed by atoms with E-state index in [4.69, 9.17) is 9.47 Å². The van der Waals surface area contributed by atoms with E-state index in [1.54, 1.807) is 0 Å². The van der Waals surface area contributed by atoms with Crippen molar-refractivity contribution < 1.29 is 19.2 Å². The minimum Gasteiger partial charge on any atom is -0.497 e. The zero-order valence-electron chi connectivity index (χ0n) is 8.22. The predicted octanol–water partition coefficient (Wildman–Crippen LogP) is 1.42. The van der Waals surface area contributed by atoms with Gasteiger partial charge in [-0.2, -0.15) is 0 Å². The molecule has 0 unspecified atom stereocenters. The van der Waals surface area contributed by atoms with Gasteiger partial charge in [-0.15, -0.1) is 0 Å². The normalized spacial score (nSPS) is 9.47. The fourth-order valence-electron chi connectivity index (χ4n) is 1.16. The molecule has 0 radical (unpaired) electrons. The zero-order chi connectivity index (χ0) is 11.4. The van der Waals surface area contributed by atoms with Crippen LogP contribution in [0.15, 0.2) is 12.1 Å². The molecular formula is C9H9NO5. The second-order valence-electron chi connectivity index (χ2n) is 2.64. The second-order valence-corrected chi connectivity index (χ2v) is 2.64. The summed E-state index contributed by atoms with van der Waals surface area (Å²) in [6.45, 7) is 0. The topological polar surface area (TPSA) is 78.7 Å². The summed E-state index contributed by atoms with van der Waals surface area (Å²) in [5.74, 6) is 0.334.